The molecular weight excluding hydrogens is 583 g/mol. The molecule has 0 saturated heterocycles. The summed E-state index contributed by atoms with van der Waals surface area (Å²) >= 11 is 1.73. The van der Waals surface area contributed by atoms with Gasteiger partial charge in [0.2, 0.25) is 0 Å². The maximum Gasteiger partial charge on any atom is 0.138 e. The van der Waals surface area contributed by atoms with Gasteiger partial charge in [0.15, 0.2) is 0 Å². The number of pyridine rings is 3. The molecule has 4 aromatic carbocycles. The van der Waals surface area contributed by atoms with E-state index in [1.807, 2.05) is 31.3 Å². The standard InChI is InChI=1S/C40H27N5S/c1-26-20-22-32-31-14-9-15-33(39(31)46-40(32)42-26)34-16-10-19-38(43-34)44(27-11-3-2-4-12-27)28-21-23-30-29-13-5-6-17-35(29)45(36(30)25-28)37-18-7-8-24-41-37/h2-25H,1H3. The van der Waals surface area contributed by atoms with Crippen LogP contribution in [0.5, 0.6) is 0 Å². The van der Waals surface area contributed by atoms with E-state index in [2.05, 4.69) is 131 Å². The van der Waals surface area contributed by atoms with Crippen molar-refractivity contribution in [3.05, 3.63) is 151 Å². The van der Waals surface area contributed by atoms with Crippen molar-refractivity contribution >= 4 is 70.6 Å². The third-order valence-corrected chi connectivity index (χ3v) is 9.70. The zero-order chi connectivity index (χ0) is 30.6. The van der Waals surface area contributed by atoms with Crippen LogP contribution in [0.1, 0.15) is 5.69 Å². The summed E-state index contributed by atoms with van der Waals surface area (Å²) in [5.74, 6) is 1.73. The molecule has 9 aromatic rings. The largest absolute Gasteiger partial charge is 0.295 e. The lowest BCUT2D eigenvalue weighted by Crippen LogP contribution is -2.12. The smallest absolute Gasteiger partial charge is 0.138 e. The van der Waals surface area contributed by atoms with Crippen LogP contribution in [0.15, 0.2) is 146 Å². The molecule has 0 radical (unpaired) electrons. The zero-order valence-electron chi connectivity index (χ0n) is 25.0. The first-order valence-corrected chi connectivity index (χ1v) is 16.1. The monoisotopic (exact) mass is 609 g/mol. The number of anilines is 3. The summed E-state index contributed by atoms with van der Waals surface area (Å²) in [4.78, 5) is 18.2. The molecule has 0 aliphatic heterocycles. The molecule has 9 rings (SSSR count). The highest BCUT2D eigenvalue weighted by atomic mass is 32.1. The van der Waals surface area contributed by atoms with Crippen LogP contribution in [0.4, 0.5) is 17.2 Å². The van der Waals surface area contributed by atoms with Crippen molar-refractivity contribution in [2.45, 2.75) is 6.92 Å². The normalized spacial score (nSPS) is 11.6. The van der Waals surface area contributed by atoms with Crippen molar-refractivity contribution in [3.8, 4) is 17.1 Å². The number of fused-ring (bicyclic) bond motifs is 6. The fraction of sp³-hybridized carbons (Fsp3) is 0.0250. The fourth-order valence-corrected chi connectivity index (χ4v) is 7.73. The van der Waals surface area contributed by atoms with Crippen molar-refractivity contribution in [3.63, 3.8) is 0 Å². The van der Waals surface area contributed by atoms with Gasteiger partial charge in [0.1, 0.15) is 16.5 Å². The first-order chi connectivity index (χ1) is 22.7. The molecule has 5 heterocycles. The minimum atomic E-state index is 0.843. The van der Waals surface area contributed by atoms with Crippen LogP contribution in [-0.4, -0.2) is 19.5 Å². The zero-order valence-corrected chi connectivity index (χ0v) is 25.8. The van der Waals surface area contributed by atoms with Crippen LogP contribution in [0.25, 0.3) is 59.2 Å². The highest BCUT2D eigenvalue weighted by Gasteiger charge is 2.19. The summed E-state index contributed by atoms with van der Waals surface area (Å²) in [6.45, 7) is 2.04. The quantitative estimate of drug-likeness (QED) is 0.195. The topological polar surface area (TPSA) is 46.8 Å². The van der Waals surface area contributed by atoms with Crippen molar-refractivity contribution in [1.29, 1.82) is 0 Å². The molecule has 6 heteroatoms. The first-order valence-electron chi connectivity index (χ1n) is 15.3. The van der Waals surface area contributed by atoms with Gasteiger partial charge in [-0.1, -0.05) is 72.8 Å². The van der Waals surface area contributed by atoms with E-state index in [4.69, 9.17) is 15.0 Å². The van der Waals surface area contributed by atoms with E-state index >= 15 is 0 Å². The van der Waals surface area contributed by atoms with E-state index in [-0.39, 0.29) is 0 Å². The van der Waals surface area contributed by atoms with Gasteiger partial charge in [-0.25, -0.2) is 15.0 Å². The summed E-state index contributed by atoms with van der Waals surface area (Å²) in [7, 11) is 0. The van der Waals surface area contributed by atoms with Gasteiger partial charge in [-0.05, 0) is 73.7 Å². The van der Waals surface area contributed by atoms with Crippen molar-refractivity contribution < 1.29 is 0 Å². The van der Waals surface area contributed by atoms with Crippen LogP contribution in [0.2, 0.25) is 0 Å². The van der Waals surface area contributed by atoms with Crippen LogP contribution >= 0.6 is 11.3 Å². The third-order valence-electron chi connectivity index (χ3n) is 8.55. The molecule has 0 bridgehead atoms. The highest BCUT2D eigenvalue weighted by Crippen LogP contribution is 2.41. The number of benzene rings is 4. The predicted molar refractivity (Wildman–Crippen MR) is 192 cm³/mol. The lowest BCUT2D eigenvalue weighted by molar-refractivity contribution is 1.08. The molecule has 0 spiro atoms. The van der Waals surface area contributed by atoms with Gasteiger partial charge in [0, 0.05) is 55.1 Å². The number of nitrogens with zero attached hydrogens (tertiary/aromatic N) is 5. The second-order valence-electron chi connectivity index (χ2n) is 11.4. The van der Waals surface area contributed by atoms with Gasteiger partial charge in [-0.15, -0.1) is 11.3 Å². The van der Waals surface area contributed by atoms with Crippen LogP contribution < -0.4 is 4.90 Å². The number of para-hydroxylation sites is 2. The number of hydrogen-bond acceptors (Lipinski definition) is 5. The number of rotatable bonds is 5. The first kappa shape index (κ1) is 26.5. The van der Waals surface area contributed by atoms with E-state index in [1.54, 1.807) is 11.3 Å². The molecule has 0 N–H and O–H groups in total. The second kappa shape index (κ2) is 10.6. The molecule has 5 aromatic heterocycles. The van der Waals surface area contributed by atoms with Gasteiger partial charge in [-0.2, -0.15) is 0 Å². The molecule has 5 nitrogen and oxygen atoms in total. The van der Waals surface area contributed by atoms with Gasteiger partial charge in [0.05, 0.1) is 16.7 Å². The molecule has 0 aliphatic carbocycles. The van der Waals surface area contributed by atoms with E-state index in [1.165, 1.54) is 26.2 Å². The molecule has 46 heavy (non-hydrogen) atoms. The maximum atomic E-state index is 5.33. The average Bonchev–Trinajstić information content (AvgIpc) is 3.64. The van der Waals surface area contributed by atoms with Gasteiger partial charge >= 0.3 is 0 Å². The van der Waals surface area contributed by atoms with Gasteiger partial charge in [0.25, 0.3) is 0 Å². The predicted octanol–water partition coefficient (Wildman–Crippen LogP) is 10.8. The minimum absolute atomic E-state index is 0.843. The Labute approximate surface area is 269 Å². The SMILES string of the molecule is Cc1ccc2c(n1)sc1c(-c3cccc(N(c4ccccc4)c4ccc5c6ccccc6n(-c6ccccn6)c5c4)n3)cccc12. The second-order valence-corrected chi connectivity index (χ2v) is 12.4. The molecule has 0 unspecified atom stereocenters. The number of hydrogen-bond donors (Lipinski definition) is 0. The minimum Gasteiger partial charge on any atom is -0.295 e. The summed E-state index contributed by atoms with van der Waals surface area (Å²) in [6, 6.07) is 48.7. The van der Waals surface area contributed by atoms with E-state index < -0.39 is 0 Å². The van der Waals surface area contributed by atoms with Crippen molar-refractivity contribution in [1.82, 2.24) is 19.5 Å². The average molecular weight is 610 g/mol. The lowest BCUT2D eigenvalue weighted by atomic mass is 10.1. The van der Waals surface area contributed by atoms with Crippen LogP contribution in [0.3, 0.4) is 0 Å². The Balaban J connectivity index is 1.25. The van der Waals surface area contributed by atoms with Crippen molar-refractivity contribution in [2.75, 3.05) is 4.90 Å². The van der Waals surface area contributed by atoms with Crippen molar-refractivity contribution in [2.24, 2.45) is 0 Å². The Bertz CT molecular complexity index is 2550. The Morgan fingerprint density at radius 1 is 0.587 bits per heavy atom. The molecule has 0 saturated carbocycles. The van der Waals surface area contributed by atoms with E-state index in [9.17, 15) is 0 Å². The van der Waals surface area contributed by atoms with E-state index in [0.29, 0.717) is 0 Å². The Hall–Kier alpha value is -5.85. The third kappa shape index (κ3) is 4.26. The Morgan fingerprint density at radius 2 is 1.37 bits per heavy atom. The number of aromatic nitrogens is 4. The molecule has 0 atom stereocenters. The van der Waals surface area contributed by atoms with Crippen LogP contribution in [0, 0.1) is 6.92 Å². The highest BCUT2D eigenvalue weighted by molar-refractivity contribution is 7.26. The Kier molecular flexibility index (Phi) is 6.14. The molecule has 0 amide bonds. The fourth-order valence-electron chi connectivity index (χ4n) is 6.49. The molecule has 0 aliphatic rings. The Morgan fingerprint density at radius 3 is 2.26 bits per heavy atom. The number of aryl methyl sites for hydroxylation is 1. The molecular formula is C40H27N5S. The lowest BCUT2D eigenvalue weighted by Gasteiger charge is -2.25. The maximum absolute atomic E-state index is 5.33. The summed E-state index contributed by atoms with van der Waals surface area (Å²) < 4.78 is 3.45. The summed E-state index contributed by atoms with van der Waals surface area (Å²) in [5.41, 5.74) is 7.33. The van der Waals surface area contributed by atoms with E-state index in [0.717, 1.165) is 55.8 Å². The number of thiophene rings is 1. The van der Waals surface area contributed by atoms with Gasteiger partial charge in [-0.3, -0.25) is 9.47 Å². The summed E-state index contributed by atoms with van der Waals surface area (Å²) in [6.07, 6.45) is 1.85. The van der Waals surface area contributed by atoms with Crippen LogP contribution in [-0.2, 0) is 0 Å². The summed E-state index contributed by atoms with van der Waals surface area (Å²) in [5, 5.41) is 4.78. The molecule has 218 valence electrons. The van der Waals surface area contributed by atoms with Gasteiger partial charge < -0.3 is 0 Å². The molecule has 0 fully saturated rings.